The van der Waals surface area contributed by atoms with Gasteiger partial charge < -0.3 is 9.80 Å². The largest absolute Gasteiger partial charge is 0.340 e. The Labute approximate surface area is 184 Å². The lowest BCUT2D eigenvalue weighted by Gasteiger charge is -2.36. The molecule has 1 aromatic carbocycles. The Bertz CT molecular complexity index is 873. The fourth-order valence-corrected chi connectivity index (χ4v) is 4.66. The van der Waals surface area contributed by atoms with Gasteiger partial charge in [-0.3, -0.25) is 19.6 Å². The van der Waals surface area contributed by atoms with Crippen LogP contribution in [0.4, 0.5) is 0 Å². The number of H-pyrrole nitrogens is 1. The highest BCUT2D eigenvalue weighted by atomic mass is 16.2. The fourth-order valence-electron chi connectivity index (χ4n) is 4.66. The summed E-state index contributed by atoms with van der Waals surface area (Å²) in [6, 6.07) is 12.3. The zero-order valence-electron chi connectivity index (χ0n) is 18.4. The molecule has 0 radical (unpaired) electrons. The Kier molecular flexibility index (Phi) is 7.02. The van der Waals surface area contributed by atoms with Gasteiger partial charge in [-0.2, -0.15) is 5.10 Å². The van der Waals surface area contributed by atoms with Crippen molar-refractivity contribution in [2.45, 2.75) is 39.2 Å². The lowest BCUT2D eigenvalue weighted by Crippen LogP contribution is -2.48. The molecule has 3 heterocycles. The minimum Gasteiger partial charge on any atom is -0.340 e. The van der Waals surface area contributed by atoms with Gasteiger partial charge in [0.25, 0.3) is 5.91 Å². The van der Waals surface area contributed by atoms with E-state index in [4.69, 9.17) is 0 Å². The zero-order chi connectivity index (χ0) is 21.6. The lowest BCUT2D eigenvalue weighted by atomic mass is 9.93. The van der Waals surface area contributed by atoms with Crippen molar-refractivity contribution in [3.05, 3.63) is 53.3 Å². The van der Waals surface area contributed by atoms with Crippen molar-refractivity contribution in [3.8, 4) is 0 Å². The molecule has 0 bridgehead atoms. The van der Waals surface area contributed by atoms with Crippen LogP contribution in [0.3, 0.4) is 0 Å². The van der Waals surface area contributed by atoms with E-state index in [9.17, 15) is 9.59 Å². The molecule has 0 unspecified atom stereocenters. The first-order valence-electron chi connectivity index (χ1n) is 11.4. The summed E-state index contributed by atoms with van der Waals surface area (Å²) in [5.41, 5.74) is 2.71. The van der Waals surface area contributed by atoms with E-state index in [1.54, 1.807) is 6.07 Å². The number of likely N-dealkylation sites (tertiary alicyclic amines) is 1. The third-order valence-electron chi connectivity index (χ3n) is 6.47. The van der Waals surface area contributed by atoms with Crippen LogP contribution >= 0.6 is 0 Å². The molecule has 2 amide bonds. The number of aromatic amines is 1. The minimum absolute atomic E-state index is 0.00471. The number of aromatic nitrogens is 2. The summed E-state index contributed by atoms with van der Waals surface area (Å²) in [6.07, 6.45) is 3.51. The van der Waals surface area contributed by atoms with Gasteiger partial charge >= 0.3 is 0 Å². The molecule has 0 saturated carbocycles. The molecule has 2 aliphatic rings. The monoisotopic (exact) mass is 423 g/mol. The van der Waals surface area contributed by atoms with E-state index < -0.39 is 0 Å². The van der Waals surface area contributed by atoms with Crippen molar-refractivity contribution in [2.75, 3.05) is 39.3 Å². The molecule has 1 aromatic heterocycles. The van der Waals surface area contributed by atoms with Crippen LogP contribution in [0.1, 0.15) is 47.4 Å². The smallest absolute Gasteiger partial charge is 0.274 e. The van der Waals surface area contributed by atoms with Crippen molar-refractivity contribution in [1.82, 2.24) is 24.9 Å². The summed E-state index contributed by atoms with van der Waals surface area (Å²) in [6.45, 7) is 7.81. The van der Waals surface area contributed by atoms with Crippen LogP contribution in [-0.4, -0.2) is 76.0 Å². The second kappa shape index (κ2) is 10.1. The van der Waals surface area contributed by atoms with Gasteiger partial charge in [-0.25, -0.2) is 0 Å². The van der Waals surface area contributed by atoms with Gasteiger partial charge in [0.1, 0.15) is 5.69 Å². The predicted octanol–water partition coefficient (Wildman–Crippen LogP) is 2.69. The third kappa shape index (κ3) is 5.73. The van der Waals surface area contributed by atoms with E-state index in [0.29, 0.717) is 18.0 Å². The summed E-state index contributed by atoms with van der Waals surface area (Å²) in [5, 5.41) is 6.94. The number of hydrogen-bond donors (Lipinski definition) is 1. The van der Waals surface area contributed by atoms with Gasteiger partial charge in [-0.05, 0) is 43.7 Å². The van der Waals surface area contributed by atoms with Gasteiger partial charge in [-0.1, -0.05) is 30.3 Å². The van der Waals surface area contributed by atoms with E-state index in [1.165, 1.54) is 5.56 Å². The molecule has 2 aromatic rings. The highest BCUT2D eigenvalue weighted by Gasteiger charge is 2.27. The average Bonchev–Trinajstić information content (AvgIpc) is 3.24. The van der Waals surface area contributed by atoms with Crippen molar-refractivity contribution in [1.29, 1.82) is 0 Å². The molecule has 166 valence electrons. The standard InChI is InChI=1S/C24H33N5O2/c1-19-16-22(26-25-19)24(31)29-11-5-8-21(18-29)9-10-23(30)28-14-12-27(13-15-28)17-20-6-3-2-4-7-20/h2-4,6-7,16,21H,5,8-15,17-18H2,1H3,(H,25,26)/t21-/m0/s1. The lowest BCUT2D eigenvalue weighted by molar-refractivity contribution is -0.133. The van der Waals surface area contributed by atoms with Crippen LogP contribution in [0.2, 0.25) is 0 Å². The predicted molar refractivity (Wildman–Crippen MR) is 119 cm³/mol. The zero-order valence-corrected chi connectivity index (χ0v) is 18.4. The van der Waals surface area contributed by atoms with Gasteiger partial charge in [-0.15, -0.1) is 0 Å². The molecule has 1 N–H and O–H groups in total. The summed E-state index contributed by atoms with van der Waals surface area (Å²) in [5.74, 6) is 0.640. The fraction of sp³-hybridized carbons (Fsp3) is 0.542. The summed E-state index contributed by atoms with van der Waals surface area (Å²) < 4.78 is 0. The highest BCUT2D eigenvalue weighted by Crippen LogP contribution is 2.23. The van der Waals surface area contributed by atoms with Gasteiger partial charge in [0, 0.05) is 57.9 Å². The van der Waals surface area contributed by atoms with Crippen LogP contribution in [0, 0.1) is 12.8 Å². The normalized spacial score (nSPS) is 20.1. The van der Waals surface area contributed by atoms with Gasteiger partial charge in [0.05, 0.1) is 0 Å². The molecular formula is C24H33N5O2. The highest BCUT2D eigenvalue weighted by molar-refractivity contribution is 5.92. The number of rotatable bonds is 6. The van der Waals surface area contributed by atoms with Crippen LogP contribution < -0.4 is 0 Å². The van der Waals surface area contributed by atoms with Crippen molar-refractivity contribution >= 4 is 11.8 Å². The maximum atomic E-state index is 12.8. The first-order chi connectivity index (χ1) is 15.1. The van der Waals surface area contributed by atoms with Gasteiger partial charge in [0.15, 0.2) is 0 Å². The van der Waals surface area contributed by atoms with Crippen LogP contribution in [0.15, 0.2) is 36.4 Å². The molecule has 7 heteroatoms. The molecule has 31 heavy (non-hydrogen) atoms. The summed E-state index contributed by atoms with van der Waals surface area (Å²) in [7, 11) is 0. The molecule has 7 nitrogen and oxygen atoms in total. The Balaban J connectivity index is 1.19. The second-order valence-electron chi connectivity index (χ2n) is 8.88. The molecular weight excluding hydrogens is 390 g/mol. The number of hydrogen-bond acceptors (Lipinski definition) is 4. The van der Waals surface area contributed by atoms with E-state index in [2.05, 4.69) is 39.4 Å². The Morgan fingerprint density at radius 3 is 2.55 bits per heavy atom. The Morgan fingerprint density at radius 1 is 1.06 bits per heavy atom. The number of piperazine rings is 1. The minimum atomic E-state index is -0.00471. The quantitative estimate of drug-likeness (QED) is 0.775. The average molecular weight is 424 g/mol. The Hall–Kier alpha value is -2.67. The van der Waals surface area contributed by atoms with Crippen LogP contribution in [-0.2, 0) is 11.3 Å². The first kappa shape index (κ1) is 21.6. The van der Waals surface area contributed by atoms with Gasteiger partial charge in [0.2, 0.25) is 5.91 Å². The third-order valence-corrected chi connectivity index (χ3v) is 6.47. The van der Waals surface area contributed by atoms with Crippen LogP contribution in [0.5, 0.6) is 0 Å². The number of carbonyl (C=O) groups excluding carboxylic acids is 2. The Morgan fingerprint density at radius 2 is 1.84 bits per heavy atom. The molecule has 2 saturated heterocycles. The molecule has 2 aliphatic heterocycles. The van der Waals surface area contributed by atoms with E-state index in [1.807, 2.05) is 22.8 Å². The molecule has 1 atom stereocenters. The number of piperidine rings is 1. The van der Waals surface area contributed by atoms with Crippen LogP contribution in [0.25, 0.3) is 0 Å². The second-order valence-corrected chi connectivity index (χ2v) is 8.88. The molecule has 0 aliphatic carbocycles. The number of benzene rings is 1. The summed E-state index contributed by atoms with van der Waals surface area (Å²) in [4.78, 5) is 31.8. The number of aryl methyl sites for hydroxylation is 1. The number of nitrogens with zero attached hydrogens (tertiary/aromatic N) is 4. The van der Waals surface area contributed by atoms with Crippen molar-refractivity contribution in [3.63, 3.8) is 0 Å². The topological polar surface area (TPSA) is 72.5 Å². The SMILES string of the molecule is Cc1cc(C(=O)N2CCC[C@@H](CCC(=O)N3CCN(Cc4ccccc4)CC3)C2)n[nH]1. The van der Waals surface area contributed by atoms with E-state index in [-0.39, 0.29) is 11.8 Å². The molecule has 0 spiro atoms. The number of carbonyl (C=O) groups is 2. The molecule has 4 rings (SSSR count). The molecule has 2 fully saturated rings. The van der Waals surface area contributed by atoms with E-state index >= 15 is 0 Å². The van der Waals surface area contributed by atoms with E-state index in [0.717, 1.165) is 70.8 Å². The van der Waals surface area contributed by atoms with Crippen molar-refractivity contribution < 1.29 is 9.59 Å². The number of nitrogens with one attached hydrogen (secondary N) is 1. The number of amides is 2. The first-order valence-corrected chi connectivity index (χ1v) is 11.4. The maximum Gasteiger partial charge on any atom is 0.274 e. The summed E-state index contributed by atoms with van der Waals surface area (Å²) >= 11 is 0. The van der Waals surface area contributed by atoms with Crippen molar-refractivity contribution in [2.24, 2.45) is 5.92 Å². The maximum absolute atomic E-state index is 12.8.